The van der Waals surface area contributed by atoms with Crippen molar-refractivity contribution in [3.8, 4) is 17.8 Å². The molecule has 0 spiro atoms. The molecular weight excluding hydrogens is 967 g/mol. The molecule has 4 aliphatic rings. The van der Waals surface area contributed by atoms with Crippen LogP contribution in [0.3, 0.4) is 0 Å². The topological polar surface area (TPSA) is 239 Å². The molecular formula is C49H44ClN13O6Zn. The van der Waals surface area contributed by atoms with Gasteiger partial charge >= 0.3 is 30.9 Å². The van der Waals surface area contributed by atoms with E-state index in [1.54, 1.807) is 52.1 Å². The van der Waals surface area contributed by atoms with Crippen molar-refractivity contribution in [1.82, 2.24) is 48.2 Å². The molecule has 2 aliphatic carbocycles. The molecule has 2 saturated carbocycles. The van der Waals surface area contributed by atoms with Crippen LogP contribution >= 0.6 is 11.6 Å². The van der Waals surface area contributed by atoms with Crippen molar-refractivity contribution in [1.29, 1.82) is 15.8 Å². The van der Waals surface area contributed by atoms with E-state index in [0.717, 1.165) is 73.8 Å². The van der Waals surface area contributed by atoms with Gasteiger partial charge in [0.1, 0.15) is 6.07 Å². The minimum Gasteiger partial charge on any atom is -0.512 e. The summed E-state index contributed by atoms with van der Waals surface area (Å²) < 4.78 is 30.2. The first-order valence-corrected chi connectivity index (χ1v) is 22.9. The van der Waals surface area contributed by atoms with Crippen molar-refractivity contribution in [3.63, 3.8) is 0 Å². The molecule has 2 atom stereocenters. The Morgan fingerprint density at radius 2 is 1.11 bits per heavy atom. The molecule has 2 aliphatic heterocycles. The van der Waals surface area contributed by atoms with E-state index in [-0.39, 0.29) is 61.9 Å². The van der Waals surface area contributed by atoms with Crippen LogP contribution in [0.5, 0.6) is 11.8 Å². The normalized spacial score (nSPS) is 17.1. The fourth-order valence-electron chi connectivity index (χ4n) is 8.83. The summed E-state index contributed by atoms with van der Waals surface area (Å²) in [4.78, 5) is 53.7. The van der Waals surface area contributed by atoms with E-state index in [9.17, 15) is 14.9 Å². The molecule has 0 N–H and O–H groups in total. The van der Waals surface area contributed by atoms with E-state index in [4.69, 9.17) is 59.2 Å². The Morgan fingerprint density at radius 1 is 0.643 bits per heavy atom. The van der Waals surface area contributed by atoms with Gasteiger partial charge in [0.2, 0.25) is 11.8 Å². The fourth-order valence-corrected chi connectivity index (χ4v) is 9.08. The first kappa shape index (κ1) is 49.3. The van der Waals surface area contributed by atoms with Gasteiger partial charge in [-0.15, -0.1) is 0 Å². The van der Waals surface area contributed by atoms with Gasteiger partial charge < -0.3 is 42.6 Å². The summed E-state index contributed by atoms with van der Waals surface area (Å²) in [6.07, 6.45) is 12.8. The van der Waals surface area contributed by atoms with E-state index in [2.05, 4.69) is 31.0 Å². The van der Waals surface area contributed by atoms with Crippen LogP contribution in [0.2, 0.25) is 5.02 Å². The average molecular weight is 1010 g/mol. The van der Waals surface area contributed by atoms with Crippen LogP contribution in [0, 0.1) is 46.8 Å². The molecule has 0 radical (unpaired) electrons. The monoisotopic (exact) mass is 1010 g/mol. The molecule has 8 heterocycles. The number of rotatable bonds is 12. The van der Waals surface area contributed by atoms with Gasteiger partial charge in [0.25, 0.3) is 0 Å². The maximum Gasteiger partial charge on any atom is 2.00 e. The Morgan fingerprint density at radius 3 is 1.57 bits per heavy atom. The Kier molecular flexibility index (Phi) is 15.6. The van der Waals surface area contributed by atoms with Crippen LogP contribution in [-0.4, -0.2) is 87.8 Å². The Labute approximate surface area is 418 Å². The Bertz CT molecular complexity index is 3370. The molecule has 2 aromatic carbocycles. The van der Waals surface area contributed by atoms with Crippen molar-refractivity contribution >= 4 is 55.5 Å². The number of nitriles is 1. The van der Waals surface area contributed by atoms with E-state index >= 15 is 0 Å². The summed E-state index contributed by atoms with van der Waals surface area (Å²) in [6, 6.07) is 17.4. The molecule has 2 unspecified atom stereocenters. The molecule has 21 heteroatoms. The molecule has 70 heavy (non-hydrogen) atoms. The molecule has 6 aromatic heterocycles. The van der Waals surface area contributed by atoms with Crippen LogP contribution in [0.25, 0.3) is 43.9 Å². The van der Waals surface area contributed by atoms with Gasteiger partial charge in [-0.3, -0.25) is 28.2 Å². The summed E-state index contributed by atoms with van der Waals surface area (Å²) in [7, 11) is 0. The number of fused-ring (bicyclic) bond motifs is 4. The summed E-state index contributed by atoms with van der Waals surface area (Å²) in [6.45, 7) is 13.7. The number of hydrogen-bond acceptors (Lipinski definition) is 15. The summed E-state index contributed by atoms with van der Waals surface area (Å²) in [5.74, 6) is 2.39. The van der Waals surface area contributed by atoms with Gasteiger partial charge in [0, 0.05) is 49.5 Å². The number of hydrogen-bond donors (Lipinski definition) is 0. The fraction of sp³-hybridized carbons (Fsp3) is 0.367. The van der Waals surface area contributed by atoms with E-state index in [1.807, 2.05) is 39.5 Å². The van der Waals surface area contributed by atoms with Gasteiger partial charge in [0.05, 0.1) is 106 Å². The molecule has 4 fully saturated rings. The van der Waals surface area contributed by atoms with E-state index < -0.39 is 0 Å². The second-order valence-corrected chi connectivity index (χ2v) is 17.5. The number of benzene rings is 2. The number of imidazole rings is 2. The van der Waals surface area contributed by atoms with Crippen LogP contribution in [0.1, 0.15) is 67.8 Å². The molecule has 12 rings (SSSR count). The van der Waals surface area contributed by atoms with Gasteiger partial charge in [-0.2, -0.15) is 15.2 Å². The smallest absolute Gasteiger partial charge is 0.512 e. The quantitative estimate of drug-likeness (QED) is 0.0926. The van der Waals surface area contributed by atoms with Gasteiger partial charge in [-0.1, -0.05) is 23.7 Å². The number of pyridine rings is 2. The number of aromatic nitrogens is 10. The van der Waals surface area contributed by atoms with Crippen molar-refractivity contribution in [2.45, 2.75) is 63.7 Å². The van der Waals surface area contributed by atoms with Crippen molar-refractivity contribution < 1.29 is 38.4 Å². The summed E-state index contributed by atoms with van der Waals surface area (Å²) >= 11 is 6.47. The Balaban J connectivity index is 0.000000174. The zero-order valence-corrected chi connectivity index (χ0v) is 41.7. The number of ether oxygens (including phenoxy) is 4. The Hall–Kier alpha value is -7.14. The van der Waals surface area contributed by atoms with Crippen molar-refractivity contribution in [3.05, 3.63) is 130 Å². The summed E-state index contributed by atoms with van der Waals surface area (Å²) in [5, 5.41) is 23.9. The first-order valence-electron chi connectivity index (χ1n) is 22.5. The average Bonchev–Trinajstić information content (AvgIpc) is 4.22. The van der Waals surface area contributed by atoms with Gasteiger partial charge in [-0.25, -0.2) is 19.6 Å². The van der Waals surface area contributed by atoms with Crippen molar-refractivity contribution in [2.24, 2.45) is 11.8 Å². The van der Waals surface area contributed by atoms with Crippen LogP contribution in [0.15, 0.2) is 82.9 Å². The zero-order chi connectivity index (χ0) is 48.0. The van der Waals surface area contributed by atoms with Crippen molar-refractivity contribution in [2.75, 3.05) is 39.6 Å². The van der Waals surface area contributed by atoms with Gasteiger partial charge in [-0.05, 0) is 74.9 Å². The molecule has 0 bridgehead atoms. The second-order valence-electron chi connectivity index (χ2n) is 17.1. The van der Waals surface area contributed by atoms with Crippen LogP contribution in [-0.2, 0) is 42.0 Å². The van der Waals surface area contributed by atoms with E-state index in [1.165, 1.54) is 0 Å². The second kappa shape index (κ2) is 22.1. The molecule has 350 valence electrons. The minimum absolute atomic E-state index is 0. The number of nitrogens with zero attached hydrogens (tertiary/aromatic N) is 13. The maximum absolute atomic E-state index is 13.3. The van der Waals surface area contributed by atoms with Crippen LogP contribution < -0.4 is 20.9 Å². The standard InChI is InChI=1S/C24H22N6O3.C23H22ClN5O3.2CN.Zn/c25-10-16-2-1-3-18-22(16)23(33-14-15-7-9-32-13-15)28-21(27-18)12-29-20-11-26-8-6-19(20)30(24(29)31)17-4-5-17;24-16-2-1-3-17-21(16)22(32-13-14-7-9-31-12-14)27-20(26-17)11-28-19-10-25-8-6-18(19)29(23(28)30)15-4-5-15;2*1-2;/h1-3,6,8,11,15,17H,4-5,7,9,12-14H2;1-3,6,8,10,14-15H,4-5,7,9,11-13H2;;;/q;;2*-1;+2. The van der Waals surface area contributed by atoms with Gasteiger partial charge in [0.15, 0.2) is 11.6 Å². The van der Waals surface area contributed by atoms with Crippen LogP contribution in [0.4, 0.5) is 0 Å². The first-order chi connectivity index (χ1) is 33.9. The zero-order valence-electron chi connectivity index (χ0n) is 38.0. The maximum atomic E-state index is 13.3. The third-order valence-corrected chi connectivity index (χ3v) is 12.8. The molecule has 19 nitrogen and oxygen atoms in total. The third kappa shape index (κ3) is 10.1. The predicted octanol–water partition coefficient (Wildman–Crippen LogP) is 6.59. The van der Waals surface area contributed by atoms with E-state index in [0.29, 0.717) is 88.1 Å². The molecule has 8 aromatic rings. The summed E-state index contributed by atoms with van der Waals surface area (Å²) in [5.41, 5.74) is 4.95. The molecule has 0 amide bonds. The SMILES string of the molecule is N#Cc1cccc2nc(Cn3c(=O)n(C4CC4)c4ccncc43)nc(OCC3CCOC3)c12.O=c1n(Cc2nc(OCC3CCOC3)c3c(Cl)cccc3n2)c2cnccc2n1C1CC1.[C-]#N.[C-]#N.[Zn+2]. The molecule has 2 saturated heterocycles. The third-order valence-electron chi connectivity index (χ3n) is 12.5. The number of halogens is 1. The predicted molar refractivity (Wildman–Crippen MR) is 250 cm³/mol. The largest absolute Gasteiger partial charge is 2.00 e. The minimum atomic E-state index is -0.0828.